The maximum atomic E-state index is 4.40. The highest BCUT2D eigenvalue weighted by atomic mass is 15.3. The molecular formula is C14H21N3. The third kappa shape index (κ3) is 1.41. The number of nitrogens with zero attached hydrogens (tertiary/aromatic N) is 2. The first-order valence-corrected chi connectivity index (χ1v) is 6.97. The summed E-state index contributed by atoms with van der Waals surface area (Å²) in [5.74, 6) is 4.19. The third-order valence-corrected chi connectivity index (χ3v) is 5.35. The van der Waals surface area contributed by atoms with Gasteiger partial charge in [-0.2, -0.15) is 5.10 Å². The van der Waals surface area contributed by atoms with Crippen LogP contribution in [0.5, 0.6) is 0 Å². The van der Waals surface area contributed by atoms with Gasteiger partial charge in [0.25, 0.3) is 0 Å². The molecule has 4 rings (SSSR count). The molecule has 0 aromatic carbocycles. The first-order valence-electron chi connectivity index (χ1n) is 6.97. The van der Waals surface area contributed by atoms with Crippen molar-refractivity contribution in [3.63, 3.8) is 0 Å². The normalized spacial score (nSPS) is 41.9. The fraction of sp³-hybridized carbons (Fsp3) is 0.786. The van der Waals surface area contributed by atoms with Crippen LogP contribution in [0.4, 0.5) is 0 Å². The van der Waals surface area contributed by atoms with Gasteiger partial charge in [-0.25, -0.2) is 0 Å². The molecule has 1 aromatic rings. The lowest BCUT2D eigenvalue weighted by Gasteiger charge is -2.10. The molecule has 4 atom stereocenters. The Kier molecular flexibility index (Phi) is 1.99. The molecule has 3 fully saturated rings. The van der Waals surface area contributed by atoms with Gasteiger partial charge in [0, 0.05) is 19.6 Å². The number of fused-ring (bicyclic) bond motifs is 5. The molecule has 0 amide bonds. The Morgan fingerprint density at radius 1 is 1.35 bits per heavy atom. The minimum absolute atomic E-state index is 0.830. The number of hydrogen-bond acceptors (Lipinski definition) is 2. The summed E-state index contributed by atoms with van der Waals surface area (Å²) in [6.45, 7) is 3.06. The fourth-order valence-corrected chi connectivity index (χ4v) is 4.65. The van der Waals surface area contributed by atoms with E-state index in [1.165, 1.54) is 18.5 Å². The van der Waals surface area contributed by atoms with Crippen LogP contribution in [-0.2, 0) is 13.6 Å². The van der Waals surface area contributed by atoms with E-state index in [1.807, 2.05) is 11.7 Å². The Labute approximate surface area is 103 Å². The van der Waals surface area contributed by atoms with Gasteiger partial charge in [-0.1, -0.05) is 0 Å². The molecule has 1 heterocycles. The van der Waals surface area contributed by atoms with E-state index < -0.39 is 0 Å². The van der Waals surface area contributed by atoms with Crippen LogP contribution in [-0.4, -0.2) is 15.8 Å². The van der Waals surface area contributed by atoms with Crippen molar-refractivity contribution < 1.29 is 0 Å². The fourth-order valence-electron chi connectivity index (χ4n) is 4.65. The molecule has 0 aliphatic heterocycles. The van der Waals surface area contributed by atoms with E-state index in [-0.39, 0.29) is 0 Å². The average Bonchev–Trinajstić information content (AvgIpc) is 2.64. The minimum atomic E-state index is 0.830. The highest BCUT2D eigenvalue weighted by Crippen LogP contribution is 2.65. The van der Waals surface area contributed by atoms with Gasteiger partial charge in [-0.3, -0.25) is 4.68 Å². The largest absolute Gasteiger partial charge is 0.308 e. The van der Waals surface area contributed by atoms with Gasteiger partial charge in [0.2, 0.25) is 0 Å². The highest BCUT2D eigenvalue weighted by Gasteiger charge is 2.64. The van der Waals surface area contributed by atoms with Crippen molar-refractivity contribution in [3.8, 4) is 0 Å². The van der Waals surface area contributed by atoms with Gasteiger partial charge in [-0.05, 0) is 55.9 Å². The summed E-state index contributed by atoms with van der Waals surface area (Å²) in [6.07, 6.45) is 4.56. The van der Waals surface area contributed by atoms with Gasteiger partial charge in [0.1, 0.15) is 0 Å². The van der Waals surface area contributed by atoms with Crippen LogP contribution in [0.1, 0.15) is 30.7 Å². The number of rotatable bonds is 3. The standard InChI is InChI=1S/C14H21N3/c1-8-5-11(17(2)16-8)7-15-14-12-9-3-4-10(6-9)13(12)14/h5,9-10,12-15H,3-4,6-7H2,1-2H3. The van der Waals surface area contributed by atoms with E-state index in [0.29, 0.717) is 0 Å². The second kappa shape index (κ2) is 3.35. The Morgan fingerprint density at radius 2 is 2.06 bits per heavy atom. The summed E-state index contributed by atoms with van der Waals surface area (Å²) < 4.78 is 2.01. The van der Waals surface area contributed by atoms with Crippen molar-refractivity contribution >= 4 is 0 Å². The topological polar surface area (TPSA) is 29.9 Å². The van der Waals surface area contributed by atoms with Crippen molar-refractivity contribution in [2.75, 3.05) is 0 Å². The molecule has 3 aliphatic rings. The van der Waals surface area contributed by atoms with Gasteiger partial charge < -0.3 is 5.32 Å². The van der Waals surface area contributed by atoms with Crippen LogP contribution in [0.25, 0.3) is 0 Å². The van der Waals surface area contributed by atoms with Gasteiger partial charge >= 0.3 is 0 Å². The highest BCUT2D eigenvalue weighted by molar-refractivity contribution is 5.18. The van der Waals surface area contributed by atoms with Crippen LogP contribution >= 0.6 is 0 Å². The zero-order valence-corrected chi connectivity index (χ0v) is 10.7. The predicted octanol–water partition coefficient (Wildman–Crippen LogP) is 1.86. The van der Waals surface area contributed by atoms with Crippen LogP contribution in [0.2, 0.25) is 0 Å². The van der Waals surface area contributed by atoms with Crippen LogP contribution in [0.3, 0.4) is 0 Å². The first kappa shape index (κ1) is 10.1. The molecule has 92 valence electrons. The van der Waals surface area contributed by atoms with E-state index in [0.717, 1.165) is 42.0 Å². The van der Waals surface area contributed by atoms with Gasteiger partial charge in [0.15, 0.2) is 0 Å². The molecular weight excluding hydrogens is 210 g/mol. The summed E-state index contributed by atoms with van der Waals surface area (Å²) in [5, 5.41) is 8.17. The monoisotopic (exact) mass is 231 g/mol. The zero-order chi connectivity index (χ0) is 11.6. The lowest BCUT2D eigenvalue weighted by Crippen LogP contribution is -2.23. The molecule has 3 nitrogen and oxygen atoms in total. The summed E-state index contributed by atoms with van der Waals surface area (Å²) in [7, 11) is 2.04. The molecule has 3 heteroatoms. The summed E-state index contributed by atoms with van der Waals surface area (Å²) >= 11 is 0. The molecule has 1 N–H and O–H groups in total. The Morgan fingerprint density at radius 3 is 2.65 bits per heavy atom. The van der Waals surface area contributed by atoms with Crippen molar-refractivity contribution in [2.24, 2.45) is 30.7 Å². The lowest BCUT2D eigenvalue weighted by atomic mass is 10.0. The molecule has 2 bridgehead atoms. The summed E-state index contributed by atoms with van der Waals surface area (Å²) in [5.41, 5.74) is 2.44. The number of aromatic nitrogens is 2. The summed E-state index contributed by atoms with van der Waals surface area (Å²) in [4.78, 5) is 0. The Balaban J connectivity index is 1.40. The van der Waals surface area contributed by atoms with E-state index in [9.17, 15) is 0 Å². The number of hydrogen-bond donors (Lipinski definition) is 1. The first-order chi connectivity index (χ1) is 8.24. The molecule has 4 unspecified atom stereocenters. The van der Waals surface area contributed by atoms with E-state index in [4.69, 9.17) is 0 Å². The van der Waals surface area contributed by atoms with Crippen molar-refractivity contribution in [2.45, 2.75) is 38.8 Å². The maximum Gasteiger partial charge on any atom is 0.0597 e. The quantitative estimate of drug-likeness (QED) is 0.860. The molecule has 3 aliphatic carbocycles. The van der Waals surface area contributed by atoms with E-state index in [1.54, 1.807) is 6.42 Å². The second-order valence-corrected chi connectivity index (χ2v) is 6.30. The summed E-state index contributed by atoms with van der Waals surface area (Å²) in [6, 6.07) is 3.02. The van der Waals surface area contributed by atoms with Crippen LogP contribution in [0, 0.1) is 30.6 Å². The zero-order valence-electron chi connectivity index (χ0n) is 10.7. The molecule has 0 saturated heterocycles. The molecule has 0 radical (unpaired) electrons. The minimum Gasteiger partial charge on any atom is -0.308 e. The van der Waals surface area contributed by atoms with Crippen LogP contribution < -0.4 is 5.32 Å². The van der Waals surface area contributed by atoms with Crippen molar-refractivity contribution in [3.05, 3.63) is 17.5 Å². The van der Waals surface area contributed by atoms with Crippen LogP contribution in [0.15, 0.2) is 6.07 Å². The molecule has 3 saturated carbocycles. The Hall–Kier alpha value is -0.830. The Bertz CT molecular complexity index is 434. The third-order valence-electron chi connectivity index (χ3n) is 5.35. The molecule has 1 aromatic heterocycles. The molecule has 0 spiro atoms. The second-order valence-electron chi connectivity index (χ2n) is 6.30. The predicted molar refractivity (Wildman–Crippen MR) is 66.4 cm³/mol. The number of aryl methyl sites for hydroxylation is 2. The SMILES string of the molecule is Cc1cc(CNC2C3C4CCC(C4)C23)n(C)n1. The average molecular weight is 231 g/mol. The maximum absolute atomic E-state index is 4.40. The van der Waals surface area contributed by atoms with E-state index >= 15 is 0 Å². The lowest BCUT2D eigenvalue weighted by molar-refractivity contribution is 0.456. The van der Waals surface area contributed by atoms with Crippen molar-refractivity contribution in [1.82, 2.24) is 15.1 Å². The van der Waals surface area contributed by atoms with Gasteiger partial charge in [0.05, 0.1) is 11.4 Å². The van der Waals surface area contributed by atoms with E-state index in [2.05, 4.69) is 23.4 Å². The number of nitrogens with one attached hydrogen (secondary N) is 1. The molecule has 17 heavy (non-hydrogen) atoms. The van der Waals surface area contributed by atoms with Gasteiger partial charge in [-0.15, -0.1) is 0 Å². The smallest absolute Gasteiger partial charge is 0.0597 e. The van der Waals surface area contributed by atoms with Crippen molar-refractivity contribution in [1.29, 1.82) is 0 Å².